The van der Waals surface area contributed by atoms with Gasteiger partial charge in [0.1, 0.15) is 0 Å². The van der Waals surface area contributed by atoms with Gasteiger partial charge in [0.25, 0.3) is 10.2 Å². The maximum atomic E-state index is 12.7. The van der Waals surface area contributed by atoms with Crippen LogP contribution in [-0.2, 0) is 10.2 Å². The molecule has 3 heterocycles. The van der Waals surface area contributed by atoms with Gasteiger partial charge in [0, 0.05) is 44.1 Å². The first-order valence-corrected chi connectivity index (χ1v) is 10.4. The molecule has 1 aromatic rings. The Kier molecular flexibility index (Phi) is 5.39. The number of aliphatic hydroxyl groups excluding tert-OH is 1. The van der Waals surface area contributed by atoms with Crippen molar-refractivity contribution in [2.45, 2.75) is 18.9 Å². The molecule has 6 nitrogen and oxygen atoms in total. The minimum Gasteiger partial charge on any atom is -0.387 e. The molecule has 0 saturated carbocycles. The average Bonchev–Trinajstić information content (AvgIpc) is 3.09. The van der Waals surface area contributed by atoms with Crippen LogP contribution in [0.1, 0.15) is 23.8 Å². The van der Waals surface area contributed by atoms with E-state index in [-0.39, 0.29) is 5.92 Å². The minimum absolute atomic E-state index is 0.146. The molecule has 2 aliphatic rings. The highest BCUT2D eigenvalue weighted by atomic mass is 32.2. The molecule has 1 unspecified atom stereocenters. The number of piperidine rings is 1. The van der Waals surface area contributed by atoms with E-state index in [1.54, 1.807) is 19.9 Å². The third kappa shape index (κ3) is 3.78. The van der Waals surface area contributed by atoms with Crippen LogP contribution in [0.25, 0.3) is 0 Å². The zero-order valence-electron chi connectivity index (χ0n) is 13.5. The Labute approximate surface area is 142 Å². The predicted octanol–water partition coefficient (Wildman–Crippen LogP) is 0.986. The molecule has 2 saturated heterocycles. The third-order valence-corrected chi connectivity index (χ3v) is 7.87. The van der Waals surface area contributed by atoms with Crippen molar-refractivity contribution in [1.82, 2.24) is 13.5 Å². The lowest BCUT2D eigenvalue weighted by atomic mass is 9.91. The highest BCUT2D eigenvalue weighted by Gasteiger charge is 2.36. The maximum Gasteiger partial charge on any atom is 0.282 e. The number of piperazine rings is 1. The second-order valence-electron chi connectivity index (χ2n) is 6.41. The highest BCUT2D eigenvalue weighted by Crippen LogP contribution is 2.33. The standard InChI is InChI=1S/C15H25N3O3S2/c1-16-8-10-18(11-9-16)23(20,21)17-6-4-13(5-7-17)15(19)14-3-2-12-22-14/h2-3,12-13,15,19H,4-11H2,1H3. The molecule has 3 rings (SSSR count). The van der Waals surface area contributed by atoms with Crippen LogP contribution in [0, 0.1) is 5.92 Å². The number of likely N-dealkylation sites (N-methyl/N-ethyl adjacent to an activating group) is 1. The van der Waals surface area contributed by atoms with Gasteiger partial charge in [-0.05, 0) is 37.3 Å². The average molecular weight is 360 g/mol. The summed E-state index contributed by atoms with van der Waals surface area (Å²) in [6.07, 6.45) is 0.960. The lowest BCUT2D eigenvalue weighted by molar-refractivity contribution is 0.0770. The first-order chi connectivity index (χ1) is 11.0. The van der Waals surface area contributed by atoms with Gasteiger partial charge in [-0.1, -0.05) is 6.07 Å². The molecule has 0 aromatic carbocycles. The first kappa shape index (κ1) is 17.3. The number of rotatable bonds is 4. The van der Waals surface area contributed by atoms with Gasteiger partial charge < -0.3 is 10.0 Å². The third-order valence-electron chi connectivity index (χ3n) is 4.89. The molecule has 2 fully saturated rings. The van der Waals surface area contributed by atoms with E-state index >= 15 is 0 Å². The van der Waals surface area contributed by atoms with E-state index in [2.05, 4.69) is 4.90 Å². The molecule has 0 radical (unpaired) electrons. The van der Waals surface area contributed by atoms with Gasteiger partial charge in [-0.15, -0.1) is 11.3 Å². The fourth-order valence-electron chi connectivity index (χ4n) is 3.30. The fraction of sp³-hybridized carbons (Fsp3) is 0.733. The van der Waals surface area contributed by atoms with Gasteiger partial charge in [0.2, 0.25) is 0 Å². The maximum absolute atomic E-state index is 12.7. The number of thiophene rings is 1. The molecule has 0 bridgehead atoms. The molecular formula is C15H25N3O3S2. The van der Waals surface area contributed by atoms with E-state index in [4.69, 9.17) is 0 Å². The van der Waals surface area contributed by atoms with Crippen molar-refractivity contribution < 1.29 is 13.5 Å². The molecule has 0 spiro atoms. The summed E-state index contributed by atoms with van der Waals surface area (Å²) in [4.78, 5) is 3.13. The molecule has 1 aromatic heterocycles. The molecule has 8 heteroatoms. The van der Waals surface area contributed by atoms with Gasteiger partial charge in [-0.2, -0.15) is 17.0 Å². The van der Waals surface area contributed by atoms with Gasteiger partial charge >= 0.3 is 0 Å². The van der Waals surface area contributed by atoms with E-state index in [0.717, 1.165) is 18.0 Å². The van der Waals surface area contributed by atoms with Gasteiger partial charge in [0.05, 0.1) is 6.10 Å². The summed E-state index contributed by atoms with van der Waals surface area (Å²) >= 11 is 1.56. The predicted molar refractivity (Wildman–Crippen MR) is 91.6 cm³/mol. The van der Waals surface area contributed by atoms with E-state index < -0.39 is 16.3 Å². The lowest BCUT2D eigenvalue weighted by Crippen LogP contribution is -2.53. The molecule has 1 N–H and O–H groups in total. The number of hydrogen-bond donors (Lipinski definition) is 1. The van der Waals surface area contributed by atoms with E-state index in [0.29, 0.717) is 39.0 Å². The van der Waals surface area contributed by atoms with Crippen LogP contribution in [0.3, 0.4) is 0 Å². The highest BCUT2D eigenvalue weighted by molar-refractivity contribution is 7.86. The first-order valence-electron chi connectivity index (χ1n) is 8.13. The largest absolute Gasteiger partial charge is 0.387 e. The van der Waals surface area contributed by atoms with Crippen molar-refractivity contribution in [3.63, 3.8) is 0 Å². The summed E-state index contributed by atoms with van der Waals surface area (Å²) < 4.78 is 28.6. The Balaban J connectivity index is 1.58. The monoisotopic (exact) mass is 359 g/mol. The molecule has 1 atom stereocenters. The summed E-state index contributed by atoms with van der Waals surface area (Å²) in [5, 5.41) is 12.4. The Morgan fingerprint density at radius 1 is 1.13 bits per heavy atom. The molecule has 130 valence electrons. The van der Waals surface area contributed by atoms with Crippen LogP contribution in [-0.4, -0.2) is 73.4 Å². The smallest absolute Gasteiger partial charge is 0.282 e. The minimum atomic E-state index is -3.35. The summed E-state index contributed by atoms with van der Waals surface area (Å²) in [5.41, 5.74) is 0. The quantitative estimate of drug-likeness (QED) is 0.871. The summed E-state index contributed by atoms with van der Waals surface area (Å²) in [5.74, 6) is 0.146. The summed E-state index contributed by atoms with van der Waals surface area (Å²) in [6.45, 7) is 3.70. The molecule has 0 aliphatic carbocycles. The van der Waals surface area contributed by atoms with Crippen LogP contribution in [0.15, 0.2) is 17.5 Å². The van der Waals surface area contributed by atoms with Crippen LogP contribution in [0.4, 0.5) is 0 Å². The van der Waals surface area contributed by atoms with Gasteiger partial charge in [-0.25, -0.2) is 0 Å². The van der Waals surface area contributed by atoms with Crippen molar-refractivity contribution in [1.29, 1.82) is 0 Å². The van der Waals surface area contributed by atoms with Crippen molar-refractivity contribution >= 4 is 21.5 Å². The number of aliphatic hydroxyl groups is 1. The summed E-state index contributed by atoms with van der Waals surface area (Å²) in [7, 11) is -1.34. The van der Waals surface area contributed by atoms with Gasteiger partial charge in [-0.3, -0.25) is 0 Å². The number of hydrogen-bond acceptors (Lipinski definition) is 5. The normalized spacial score (nSPS) is 24.8. The van der Waals surface area contributed by atoms with E-state index in [1.165, 1.54) is 0 Å². The van der Waals surface area contributed by atoms with Crippen molar-refractivity contribution in [2.75, 3.05) is 46.3 Å². The van der Waals surface area contributed by atoms with Crippen LogP contribution in [0.2, 0.25) is 0 Å². The van der Waals surface area contributed by atoms with E-state index in [1.807, 2.05) is 24.6 Å². The Morgan fingerprint density at radius 2 is 1.74 bits per heavy atom. The van der Waals surface area contributed by atoms with E-state index in [9.17, 15) is 13.5 Å². The van der Waals surface area contributed by atoms with Gasteiger partial charge in [0.15, 0.2) is 0 Å². The van der Waals surface area contributed by atoms with Crippen LogP contribution >= 0.6 is 11.3 Å². The molecule has 0 amide bonds. The topological polar surface area (TPSA) is 64.1 Å². The second-order valence-corrected chi connectivity index (χ2v) is 9.31. The molecule has 2 aliphatic heterocycles. The zero-order chi connectivity index (χ0) is 16.4. The van der Waals surface area contributed by atoms with Crippen molar-refractivity contribution in [2.24, 2.45) is 5.92 Å². The van der Waals surface area contributed by atoms with Crippen LogP contribution in [0.5, 0.6) is 0 Å². The molecular weight excluding hydrogens is 334 g/mol. The number of nitrogens with zero attached hydrogens (tertiary/aromatic N) is 3. The summed E-state index contributed by atoms with van der Waals surface area (Å²) in [6, 6.07) is 3.89. The zero-order valence-corrected chi connectivity index (χ0v) is 15.1. The Morgan fingerprint density at radius 3 is 2.30 bits per heavy atom. The molecule has 23 heavy (non-hydrogen) atoms. The van der Waals surface area contributed by atoms with Crippen molar-refractivity contribution in [3.8, 4) is 0 Å². The van der Waals surface area contributed by atoms with Crippen molar-refractivity contribution in [3.05, 3.63) is 22.4 Å². The Bertz CT molecular complexity index is 589. The second kappa shape index (κ2) is 7.16. The fourth-order valence-corrected chi connectivity index (χ4v) is 5.72. The lowest BCUT2D eigenvalue weighted by Gasteiger charge is -2.38. The SMILES string of the molecule is CN1CCN(S(=O)(=O)N2CCC(C(O)c3cccs3)CC2)CC1. The Hall–Kier alpha value is -0.510. The van der Waals surface area contributed by atoms with Crippen LogP contribution < -0.4 is 0 Å².